The first-order chi connectivity index (χ1) is 28.0. The van der Waals surface area contributed by atoms with E-state index in [2.05, 4.69) is 23.6 Å². The monoisotopic (exact) mass is 817 g/mol. The van der Waals surface area contributed by atoms with E-state index in [4.69, 9.17) is 16.6 Å². The first kappa shape index (κ1) is 52.3. The van der Waals surface area contributed by atoms with Gasteiger partial charge in [-0.15, -0.1) is 0 Å². The van der Waals surface area contributed by atoms with Gasteiger partial charge in [0.05, 0.1) is 6.10 Å². The smallest absolute Gasteiger partial charge is 0.326 e. The zero-order chi connectivity index (χ0) is 42.4. The van der Waals surface area contributed by atoms with E-state index >= 15 is 0 Å². The largest absolute Gasteiger partial charge is 0.480 e. The number of carboxylic acids is 1. The molecule has 1 unspecified atom stereocenters. The molecule has 5 fully saturated rings. The summed E-state index contributed by atoms with van der Waals surface area (Å²) in [6.45, 7) is 5.70. The van der Waals surface area contributed by atoms with Gasteiger partial charge >= 0.3 is 5.97 Å². The van der Waals surface area contributed by atoms with E-state index < -0.39 is 18.1 Å². The molecule has 5 rings (SSSR count). The van der Waals surface area contributed by atoms with E-state index in [0.29, 0.717) is 30.7 Å². The average Bonchev–Trinajstić information content (AvgIpc) is 3.57. The van der Waals surface area contributed by atoms with Crippen molar-refractivity contribution in [2.75, 3.05) is 0 Å². The summed E-state index contributed by atoms with van der Waals surface area (Å²) in [6.07, 6.45) is 41.7. The third kappa shape index (κ3) is 25.1. The number of carboxylic acid groups (broad SMARTS) is 1. The number of nitrogens with one attached hydrogen (secondary N) is 2. The second kappa shape index (κ2) is 32.9. The number of amides is 1. The minimum absolute atomic E-state index is 0.0600. The number of unbranched alkanes of at least 4 members (excludes halogenated alkanes) is 5. The molecule has 58 heavy (non-hydrogen) atoms. The molecular formula is C49H92N4O5. The van der Waals surface area contributed by atoms with E-state index in [0.717, 1.165) is 76.3 Å². The van der Waals surface area contributed by atoms with Gasteiger partial charge in [0.2, 0.25) is 5.91 Å². The SMILES string of the molecule is C1CCC(NC2CCCCC2)CC1.CCCCC[C@H](O)/C=C/[C@H]1CCC(=O)[C@@H]1CCCCCCC(=O)NC(C(=O)O)C(C)C.NC1CCCCC1.NC1CCCCC1. The molecule has 338 valence electrons. The van der Waals surface area contributed by atoms with Gasteiger partial charge in [-0.3, -0.25) is 9.59 Å². The summed E-state index contributed by atoms with van der Waals surface area (Å²) < 4.78 is 0. The van der Waals surface area contributed by atoms with Crippen molar-refractivity contribution in [2.24, 2.45) is 29.2 Å². The standard InChI is InChI=1S/C25H43NO5.C12H23N.2C6H13N/c1-4-5-8-11-20(27)16-14-19-15-17-22(28)21(19)12-9-6-7-10-13-23(29)26-24(18(2)3)25(30)31;1-3-7-11(8-4-1)13-12-9-5-2-6-10-12;2*7-6-4-2-1-3-5-6/h14,16,18-21,24,27H,4-13,15,17H2,1-3H3,(H,26,29)(H,30,31);11-13H,1-10H2;2*6H,1-5,7H2/b16-14+;;;/t19-,20-,21+,24?;;;/m0.../s1. The number of nitrogens with two attached hydrogens (primary N) is 2. The fraction of sp³-hybridized carbons (Fsp3) is 0.898. The van der Waals surface area contributed by atoms with Crippen molar-refractivity contribution in [1.82, 2.24) is 10.6 Å². The van der Waals surface area contributed by atoms with Gasteiger partial charge < -0.3 is 32.3 Å². The molecule has 9 heteroatoms. The van der Waals surface area contributed by atoms with Crippen molar-refractivity contribution < 1.29 is 24.6 Å². The maximum atomic E-state index is 12.3. The van der Waals surface area contributed by atoms with Crippen LogP contribution in [-0.4, -0.2) is 64.2 Å². The Morgan fingerprint density at radius 1 is 0.707 bits per heavy atom. The molecule has 0 saturated heterocycles. The number of ketones is 1. The Morgan fingerprint density at radius 3 is 1.66 bits per heavy atom. The third-order valence-corrected chi connectivity index (χ3v) is 13.2. The highest BCUT2D eigenvalue weighted by Crippen LogP contribution is 2.34. The highest BCUT2D eigenvalue weighted by atomic mass is 16.4. The quantitative estimate of drug-likeness (QED) is 0.0587. The number of rotatable bonds is 18. The zero-order valence-electron chi connectivity index (χ0n) is 37.8. The molecule has 0 aromatic rings. The van der Waals surface area contributed by atoms with Gasteiger partial charge in [-0.25, -0.2) is 4.79 Å². The van der Waals surface area contributed by atoms with Crippen LogP contribution in [0.25, 0.3) is 0 Å². The van der Waals surface area contributed by atoms with Crippen LogP contribution >= 0.6 is 0 Å². The van der Waals surface area contributed by atoms with Gasteiger partial charge in [0, 0.05) is 42.9 Å². The number of aliphatic hydroxyl groups excluding tert-OH is 1. The van der Waals surface area contributed by atoms with Gasteiger partial charge in [0.1, 0.15) is 11.8 Å². The number of aliphatic carboxylic acids is 1. The molecule has 9 nitrogen and oxygen atoms in total. The predicted molar refractivity (Wildman–Crippen MR) is 242 cm³/mol. The lowest BCUT2D eigenvalue weighted by Crippen LogP contribution is -2.44. The molecule has 0 heterocycles. The summed E-state index contributed by atoms with van der Waals surface area (Å²) in [4.78, 5) is 35.4. The molecule has 5 aliphatic rings. The number of allylic oxidation sites excluding steroid dienone is 1. The fourth-order valence-electron chi connectivity index (χ4n) is 9.41. The van der Waals surface area contributed by atoms with E-state index in [-0.39, 0.29) is 23.7 Å². The highest BCUT2D eigenvalue weighted by molar-refractivity contribution is 5.84. The minimum atomic E-state index is -0.998. The Labute approximate surface area is 355 Å². The average molecular weight is 817 g/mol. The van der Waals surface area contributed by atoms with Crippen LogP contribution < -0.4 is 22.1 Å². The van der Waals surface area contributed by atoms with Crippen LogP contribution in [0.5, 0.6) is 0 Å². The summed E-state index contributed by atoms with van der Waals surface area (Å²) in [5.74, 6) is -0.725. The lowest BCUT2D eigenvalue weighted by Gasteiger charge is -2.30. The lowest BCUT2D eigenvalue weighted by molar-refractivity contribution is -0.143. The van der Waals surface area contributed by atoms with Crippen LogP contribution in [0.4, 0.5) is 0 Å². The summed E-state index contributed by atoms with van der Waals surface area (Å²) in [6, 6.07) is 1.98. The Hall–Kier alpha value is -1.81. The van der Waals surface area contributed by atoms with Crippen molar-refractivity contribution in [3.8, 4) is 0 Å². The zero-order valence-corrected chi connectivity index (χ0v) is 37.8. The molecule has 8 N–H and O–H groups in total. The van der Waals surface area contributed by atoms with E-state index in [1.54, 1.807) is 13.8 Å². The topological polar surface area (TPSA) is 168 Å². The molecule has 4 atom stereocenters. The molecule has 0 aromatic carbocycles. The Morgan fingerprint density at radius 2 is 1.21 bits per heavy atom. The first-order valence-corrected chi connectivity index (χ1v) is 24.7. The van der Waals surface area contributed by atoms with Crippen molar-refractivity contribution in [2.45, 2.75) is 263 Å². The van der Waals surface area contributed by atoms with Crippen molar-refractivity contribution >= 4 is 17.7 Å². The van der Waals surface area contributed by atoms with Gasteiger partial charge in [-0.05, 0) is 88.9 Å². The summed E-state index contributed by atoms with van der Waals surface area (Å²) in [5, 5.41) is 25.7. The van der Waals surface area contributed by atoms with E-state index in [1.807, 2.05) is 6.08 Å². The van der Waals surface area contributed by atoms with Crippen LogP contribution in [0.3, 0.4) is 0 Å². The van der Waals surface area contributed by atoms with Crippen molar-refractivity contribution in [3.05, 3.63) is 12.2 Å². The molecule has 0 aliphatic heterocycles. The molecule has 0 radical (unpaired) electrons. The molecule has 0 bridgehead atoms. The number of Topliss-reactive ketones (excluding diaryl/α,β-unsaturated/α-hetero) is 1. The lowest BCUT2D eigenvalue weighted by atomic mass is 9.89. The summed E-state index contributed by atoms with van der Waals surface area (Å²) in [5.41, 5.74) is 11.3. The van der Waals surface area contributed by atoms with Gasteiger partial charge in [-0.1, -0.05) is 148 Å². The maximum absolute atomic E-state index is 12.3. The molecule has 0 spiro atoms. The van der Waals surface area contributed by atoms with Crippen LogP contribution in [0, 0.1) is 17.8 Å². The summed E-state index contributed by atoms with van der Waals surface area (Å²) in [7, 11) is 0. The van der Waals surface area contributed by atoms with Gasteiger partial charge in [0.25, 0.3) is 0 Å². The second-order valence-electron chi connectivity index (χ2n) is 18.9. The Bertz CT molecular complexity index is 1040. The maximum Gasteiger partial charge on any atom is 0.326 e. The number of hydrogen-bond acceptors (Lipinski definition) is 7. The highest BCUT2D eigenvalue weighted by Gasteiger charge is 2.32. The number of hydrogen-bond donors (Lipinski definition) is 6. The normalized spacial score (nSPS) is 23.5. The van der Waals surface area contributed by atoms with Crippen molar-refractivity contribution in [1.29, 1.82) is 0 Å². The number of carbonyl (C=O) groups is 3. The molecule has 0 aromatic heterocycles. The predicted octanol–water partition coefficient (Wildman–Crippen LogP) is 10.4. The second-order valence-corrected chi connectivity index (χ2v) is 18.9. The summed E-state index contributed by atoms with van der Waals surface area (Å²) >= 11 is 0. The van der Waals surface area contributed by atoms with Crippen LogP contribution in [0.15, 0.2) is 12.2 Å². The molecule has 5 saturated carbocycles. The molecule has 1 amide bonds. The molecular weight excluding hydrogens is 725 g/mol. The van der Waals surface area contributed by atoms with E-state index in [1.165, 1.54) is 128 Å². The first-order valence-electron chi connectivity index (χ1n) is 24.7. The third-order valence-electron chi connectivity index (χ3n) is 13.2. The Kier molecular flexibility index (Phi) is 29.7. The fourth-order valence-corrected chi connectivity index (χ4v) is 9.41. The Balaban J connectivity index is 0.000000341. The number of aliphatic hydroxyl groups is 1. The molecule has 5 aliphatic carbocycles. The van der Waals surface area contributed by atoms with Crippen molar-refractivity contribution in [3.63, 3.8) is 0 Å². The van der Waals surface area contributed by atoms with Crippen LogP contribution in [0.1, 0.15) is 226 Å². The van der Waals surface area contributed by atoms with Crippen LogP contribution in [0.2, 0.25) is 0 Å². The van der Waals surface area contributed by atoms with E-state index in [9.17, 15) is 19.5 Å². The minimum Gasteiger partial charge on any atom is -0.480 e. The van der Waals surface area contributed by atoms with Gasteiger partial charge in [0.15, 0.2) is 0 Å². The van der Waals surface area contributed by atoms with Gasteiger partial charge in [-0.2, -0.15) is 0 Å². The number of carbonyl (C=O) groups excluding carboxylic acids is 2. The van der Waals surface area contributed by atoms with Crippen LogP contribution in [-0.2, 0) is 14.4 Å².